The zero-order chi connectivity index (χ0) is 20.2. The van der Waals surface area contributed by atoms with E-state index >= 15 is 0 Å². The number of hydrogen-bond acceptors (Lipinski definition) is 4. The number of amides is 1. The van der Waals surface area contributed by atoms with Gasteiger partial charge in [0.1, 0.15) is 6.04 Å². The molecule has 5 heteroatoms. The van der Waals surface area contributed by atoms with Gasteiger partial charge in [-0.2, -0.15) is 0 Å². The van der Waals surface area contributed by atoms with Gasteiger partial charge in [0.15, 0.2) is 0 Å². The van der Waals surface area contributed by atoms with Crippen LogP contribution in [0.1, 0.15) is 111 Å². The Kier molecular flexibility index (Phi) is 18.6. The molecular formula is C22H43NO4. The molecule has 0 aliphatic rings. The second-order valence-corrected chi connectivity index (χ2v) is 7.26. The van der Waals surface area contributed by atoms with Crippen molar-refractivity contribution in [1.82, 2.24) is 5.32 Å². The van der Waals surface area contributed by atoms with Crippen LogP contribution in [-0.2, 0) is 14.3 Å². The van der Waals surface area contributed by atoms with Gasteiger partial charge in [0.2, 0.25) is 0 Å². The van der Waals surface area contributed by atoms with Crippen LogP contribution in [0, 0.1) is 0 Å². The highest BCUT2D eigenvalue weighted by Crippen LogP contribution is 2.12. The van der Waals surface area contributed by atoms with E-state index in [2.05, 4.69) is 12.2 Å². The standard InChI is InChI=1S/C22H43NO4/c1-4-7-8-9-10-11-12-13-14-15-16-17-19-27-21(24)20(18-5-2)23-22(25)26-6-3/h20H,4-19H2,1-3H3,(H,23,25). The summed E-state index contributed by atoms with van der Waals surface area (Å²) in [5.74, 6) is -0.354. The van der Waals surface area contributed by atoms with Crippen molar-refractivity contribution >= 4 is 12.1 Å². The molecule has 0 bridgehead atoms. The van der Waals surface area contributed by atoms with Crippen LogP contribution in [0.2, 0.25) is 0 Å². The first-order valence-electron chi connectivity index (χ1n) is 11.3. The Hall–Kier alpha value is -1.26. The molecule has 0 aromatic rings. The number of rotatable bonds is 18. The minimum absolute atomic E-state index is 0.290. The first kappa shape index (κ1) is 25.7. The van der Waals surface area contributed by atoms with Crippen molar-refractivity contribution in [3.05, 3.63) is 0 Å². The smallest absolute Gasteiger partial charge is 0.407 e. The molecule has 1 N–H and O–H groups in total. The van der Waals surface area contributed by atoms with Gasteiger partial charge in [-0.1, -0.05) is 90.9 Å². The maximum Gasteiger partial charge on any atom is 0.407 e. The molecule has 0 aliphatic carbocycles. The lowest BCUT2D eigenvalue weighted by Gasteiger charge is -2.16. The Balaban J connectivity index is 3.58. The monoisotopic (exact) mass is 385 g/mol. The van der Waals surface area contributed by atoms with Crippen LogP contribution in [0.3, 0.4) is 0 Å². The van der Waals surface area contributed by atoms with Gasteiger partial charge >= 0.3 is 12.1 Å². The van der Waals surface area contributed by atoms with E-state index in [0.29, 0.717) is 19.6 Å². The molecule has 1 unspecified atom stereocenters. The molecule has 0 saturated heterocycles. The third-order valence-corrected chi connectivity index (χ3v) is 4.67. The molecular weight excluding hydrogens is 342 g/mol. The van der Waals surface area contributed by atoms with Gasteiger partial charge < -0.3 is 14.8 Å². The average Bonchev–Trinajstić information content (AvgIpc) is 2.65. The minimum atomic E-state index is -0.605. The second-order valence-electron chi connectivity index (χ2n) is 7.26. The van der Waals surface area contributed by atoms with Crippen molar-refractivity contribution in [2.24, 2.45) is 0 Å². The molecule has 0 aromatic heterocycles. The Morgan fingerprint density at radius 2 is 1.22 bits per heavy atom. The van der Waals surface area contributed by atoms with Crippen molar-refractivity contribution in [3.8, 4) is 0 Å². The van der Waals surface area contributed by atoms with Gasteiger partial charge in [0, 0.05) is 0 Å². The summed E-state index contributed by atoms with van der Waals surface area (Å²) in [5.41, 5.74) is 0. The summed E-state index contributed by atoms with van der Waals surface area (Å²) in [4.78, 5) is 23.6. The van der Waals surface area contributed by atoms with E-state index in [4.69, 9.17) is 9.47 Å². The first-order valence-corrected chi connectivity index (χ1v) is 11.3. The van der Waals surface area contributed by atoms with E-state index < -0.39 is 12.1 Å². The van der Waals surface area contributed by atoms with E-state index in [1.54, 1.807) is 6.92 Å². The van der Waals surface area contributed by atoms with E-state index in [1.165, 1.54) is 64.2 Å². The molecule has 0 aromatic carbocycles. The zero-order valence-corrected chi connectivity index (χ0v) is 18.0. The highest BCUT2D eigenvalue weighted by Gasteiger charge is 2.21. The Bertz CT molecular complexity index is 360. The number of ether oxygens (including phenoxy) is 2. The molecule has 0 saturated carbocycles. The molecule has 1 amide bonds. The van der Waals surface area contributed by atoms with E-state index in [9.17, 15) is 9.59 Å². The Morgan fingerprint density at radius 1 is 0.704 bits per heavy atom. The third-order valence-electron chi connectivity index (χ3n) is 4.67. The van der Waals surface area contributed by atoms with Gasteiger partial charge in [-0.15, -0.1) is 0 Å². The number of esters is 1. The molecule has 160 valence electrons. The lowest BCUT2D eigenvalue weighted by atomic mass is 10.1. The molecule has 0 heterocycles. The van der Waals surface area contributed by atoms with Crippen molar-refractivity contribution in [1.29, 1.82) is 0 Å². The quantitative estimate of drug-likeness (QED) is 0.227. The van der Waals surface area contributed by atoms with Gasteiger partial charge in [0.05, 0.1) is 13.2 Å². The van der Waals surface area contributed by atoms with Crippen LogP contribution >= 0.6 is 0 Å². The minimum Gasteiger partial charge on any atom is -0.464 e. The predicted molar refractivity (Wildman–Crippen MR) is 111 cm³/mol. The first-order chi connectivity index (χ1) is 13.2. The summed E-state index contributed by atoms with van der Waals surface area (Å²) >= 11 is 0. The summed E-state index contributed by atoms with van der Waals surface area (Å²) in [6.45, 7) is 6.68. The lowest BCUT2D eigenvalue weighted by molar-refractivity contribution is -0.146. The van der Waals surface area contributed by atoms with Crippen LogP contribution in [0.5, 0.6) is 0 Å². The van der Waals surface area contributed by atoms with Crippen LogP contribution in [-0.4, -0.2) is 31.3 Å². The Labute approximate surface area is 167 Å². The van der Waals surface area contributed by atoms with Gasteiger partial charge in [-0.3, -0.25) is 0 Å². The van der Waals surface area contributed by atoms with Crippen LogP contribution in [0.4, 0.5) is 4.79 Å². The largest absolute Gasteiger partial charge is 0.464 e. The fraction of sp³-hybridized carbons (Fsp3) is 0.909. The van der Waals surface area contributed by atoms with Gasteiger partial charge in [-0.05, 0) is 19.8 Å². The maximum absolute atomic E-state index is 12.1. The summed E-state index contributed by atoms with van der Waals surface area (Å²) < 4.78 is 10.2. The van der Waals surface area contributed by atoms with Crippen molar-refractivity contribution in [2.75, 3.05) is 13.2 Å². The molecule has 0 fully saturated rings. The van der Waals surface area contributed by atoms with Gasteiger partial charge in [0.25, 0.3) is 0 Å². The highest BCUT2D eigenvalue weighted by molar-refractivity contribution is 5.81. The summed E-state index contributed by atoms with van der Waals surface area (Å²) in [6.07, 6.45) is 16.1. The molecule has 0 spiro atoms. The van der Waals surface area contributed by atoms with Crippen LogP contribution < -0.4 is 5.32 Å². The van der Waals surface area contributed by atoms with Crippen molar-refractivity contribution in [3.63, 3.8) is 0 Å². The van der Waals surface area contributed by atoms with E-state index in [1.807, 2.05) is 6.92 Å². The summed E-state index contributed by atoms with van der Waals surface area (Å²) in [5, 5.41) is 2.58. The van der Waals surface area contributed by atoms with Crippen LogP contribution in [0.15, 0.2) is 0 Å². The van der Waals surface area contributed by atoms with Gasteiger partial charge in [-0.25, -0.2) is 9.59 Å². The molecule has 0 aliphatic heterocycles. The normalized spacial score (nSPS) is 11.8. The number of hydrogen-bond donors (Lipinski definition) is 1. The zero-order valence-electron chi connectivity index (χ0n) is 18.0. The number of alkyl carbamates (subject to hydrolysis) is 1. The maximum atomic E-state index is 12.1. The SMILES string of the molecule is CCCCCCCCCCCCCCOC(=O)C(CCC)NC(=O)OCC. The van der Waals surface area contributed by atoms with Crippen LogP contribution in [0.25, 0.3) is 0 Å². The average molecular weight is 386 g/mol. The molecule has 0 radical (unpaired) electrons. The topological polar surface area (TPSA) is 64.6 Å². The number of nitrogens with one attached hydrogen (secondary N) is 1. The number of unbranched alkanes of at least 4 members (excludes halogenated alkanes) is 11. The Morgan fingerprint density at radius 3 is 1.70 bits per heavy atom. The number of carbonyl (C=O) groups is 2. The highest BCUT2D eigenvalue weighted by atomic mass is 16.6. The molecule has 5 nitrogen and oxygen atoms in total. The third kappa shape index (κ3) is 16.6. The second kappa shape index (κ2) is 19.5. The van der Waals surface area contributed by atoms with Crippen molar-refractivity contribution < 1.29 is 19.1 Å². The molecule has 27 heavy (non-hydrogen) atoms. The fourth-order valence-corrected chi connectivity index (χ4v) is 3.07. The summed E-state index contributed by atoms with van der Waals surface area (Å²) in [7, 11) is 0. The van der Waals surface area contributed by atoms with E-state index in [-0.39, 0.29) is 5.97 Å². The summed E-state index contributed by atoms with van der Waals surface area (Å²) in [6, 6.07) is -0.605. The number of carbonyl (C=O) groups excluding carboxylic acids is 2. The predicted octanol–water partition coefficient (Wildman–Crippen LogP) is 6.15. The van der Waals surface area contributed by atoms with E-state index in [0.717, 1.165) is 19.3 Å². The van der Waals surface area contributed by atoms with Crippen molar-refractivity contribution in [2.45, 2.75) is 117 Å². The molecule has 0 rings (SSSR count). The fourth-order valence-electron chi connectivity index (χ4n) is 3.07. The molecule has 1 atom stereocenters. The lowest BCUT2D eigenvalue weighted by Crippen LogP contribution is -2.42.